The fourth-order valence-electron chi connectivity index (χ4n) is 9.90. The molecule has 5 saturated carbocycles. The number of aliphatic hydroxyl groups excluding tert-OH is 1. The van der Waals surface area contributed by atoms with E-state index in [1.807, 2.05) is 0 Å². The third-order valence-electron chi connectivity index (χ3n) is 11.5. The zero-order valence-corrected chi connectivity index (χ0v) is 18.7. The van der Waals surface area contributed by atoms with Crippen molar-refractivity contribution in [3.63, 3.8) is 0 Å². The quantitative estimate of drug-likeness (QED) is 0.574. The number of aliphatic hydroxyl groups is 1. The van der Waals surface area contributed by atoms with Crippen LogP contribution in [0.4, 0.5) is 13.2 Å². The van der Waals surface area contributed by atoms with Gasteiger partial charge in [-0.15, -0.1) is 0 Å². The van der Waals surface area contributed by atoms with Gasteiger partial charge in [-0.1, -0.05) is 20.8 Å². The SMILES string of the molecule is CC1(C)C(O)CCC23CC24CCC2(C)C(CCC(=O)C(F)(F)F)CCC2C4CCC13. The largest absolute Gasteiger partial charge is 0.449 e. The monoisotopic (exact) mass is 426 g/mol. The number of ketones is 1. The molecule has 0 aromatic rings. The summed E-state index contributed by atoms with van der Waals surface area (Å²) in [5.74, 6) is 0.611. The zero-order chi connectivity index (χ0) is 21.7. The summed E-state index contributed by atoms with van der Waals surface area (Å²) in [6.45, 7) is 6.87. The van der Waals surface area contributed by atoms with Crippen LogP contribution < -0.4 is 0 Å². The molecule has 170 valence electrons. The molecule has 0 aliphatic heterocycles. The highest BCUT2D eigenvalue weighted by Gasteiger charge is 2.80. The minimum Gasteiger partial charge on any atom is -0.393 e. The summed E-state index contributed by atoms with van der Waals surface area (Å²) in [7, 11) is 0. The molecular formula is C25H37F3O2. The molecule has 8 unspecified atom stereocenters. The van der Waals surface area contributed by atoms with E-state index in [1.165, 1.54) is 25.7 Å². The number of hydrogen-bond acceptors (Lipinski definition) is 2. The van der Waals surface area contributed by atoms with Crippen molar-refractivity contribution in [1.82, 2.24) is 0 Å². The fraction of sp³-hybridized carbons (Fsp3) is 0.960. The van der Waals surface area contributed by atoms with E-state index in [-0.39, 0.29) is 29.3 Å². The topological polar surface area (TPSA) is 37.3 Å². The first kappa shape index (κ1) is 21.3. The van der Waals surface area contributed by atoms with Crippen molar-refractivity contribution in [2.24, 2.45) is 45.3 Å². The first-order chi connectivity index (χ1) is 13.9. The molecule has 2 spiro atoms. The Morgan fingerprint density at radius 3 is 2.33 bits per heavy atom. The van der Waals surface area contributed by atoms with Gasteiger partial charge < -0.3 is 5.11 Å². The molecule has 30 heavy (non-hydrogen) atoms. The Morgan fingerprint density at radius 2 is 1.63 bits per heavy atom. The summed E-state index contributed by atoms with van der Waals surface area (Å²) in [6.07, 6.45) is 5.40. The molecular weight excluding hydrogens is 389 g/mol. The maximum Gasteiger partial charge on any atom is 0.449 e. The van der Waals surface area contributed by atoms with Crippen molar-refractivity contribution in [2.45, 2.75) is 104 Å². The number of hydrogen-bond donors (Lipinski definition) is 1. The number of Topliss-reactive ketones (excluding diaryl/α,β-unsaturated/α-hetero) is 1. The van der Waals surface area contributed by atoms with E-state index in [0.29, 0.717) is 35.0 Å². The maximum absolute atomic E-state index is 12.7. The second-order valence-electron chi connectivity index (χ2n) is 12.4. The van der Waals surface area contributed by atoms with E-state index in [4.69, 9.17) is 0 Å². The molecule has 0 aromatic heterocycles. The van der Waals surface area contributed by atoms with Crippen LogP contribution in [0.1, 0.15) is 91.4 Å². The van der Waals surface area contributed by atoms with Crippen LogP contribution in [0, 0.1) is 45.3 Å². The van der Waals surface area contributed by atoms with E-state index < -0.39 is 12.0 Å². The average Bonchev–Trinajstić information content (AvgIpc) is 3.21. The van der Waals surface area contributed by atoms with Crippen molar-refractivity contribution < 1.29 is 23.1 Å². The number of halogens is 3. The molecule has 1 N–H and O–H groups in total. The molecule has 8 atom stereocenters. The van der Waals surface area contributed by atoms with Gasteiger partial charge >= 0.3 is 6.18 Å². The first-order valence-corrected chi connectivity index (χ1v) is 12.2. The highest BCUT2D eigenvalue weighted by molar-refractivity contribution is 5.83. The zero-order valence-electron chi connectivity index (χ0n) is 18.7. The Balaban J connectivity index is 1.35. The van der Waals surface area contributed by atoms with Gasteiger partial charge in [0, 0.05) is 6.42 Å². The predicted molar refractivity (Wildman–Crippen MR) is 109 cm³/mol. The summed E-state index contributed by atoms with van der Waals surface area (Å²) >= 11 is 0. The van der Waals surface area contributed by atoms with Crippen molar-refractivity contribution >= 4 is 5.78 Å². The van der Waals surface area contributed by atoms with E-state index in [0.717, 1.165) is 32.1 Å². The fourth-order valence-corrected chi connectivity index (χ4v) is 9.90. The first-order valence-electron chi connectivity index (χ1n) is 12.2. The van der Waals surface area contributed by atoms with Crippen molar-refractivity contribution in [1.29, 1.82) is 0 Å². The molecule has 0 amide bonds. The van der Waals surface area contributed by atoms with Gasteiger partial charge in [-0.05, 0) is 110 Å². The van der Waals surface area contributed by atoms with E-state index >= 15 is 0 Å². The Hall–Kier alpha value is -0.580. The third-order valence-corrected chi connectivity index (χ3v) is 11.5. The van der Waals surface area contributed by atoms with Gasteiger partial charge in [0.15, 0.2) is 0 Å². The van der Waals surface area contributed by atoms with Crippen LogP contribution in [-0.2, 0) is 4.79 Å². The minimum absolute atomic E-state index is 0.0103. The van der Waals surface area contributed by atoms with Gasteiger partial charge in [0.2, 0.25) is 5.78 Å². The number of alkyl halides is 3. The van der Waals surface area contributed by atoms with Crippen molar-refractivity contribution in [3.05, 3.63) is 0 Å². The van der Waals surface area contributed by atoms with Crippen LogP contribution in [0.5, 0.6) is 0 Å². The summed E-state index contributed by atoms with van der Waals surface area (Å²) in [5.41, 5.74) is 0.921. The normalized spacial score (nSPS) is 51.4. The van der Waals surface area contributed by atoms with Crippen molar-refractivity contribution in [3.8, 4) is 0 Å². The smallest absolute Gasteiger partial charge is 0.393 e. The van der Waals surface area contributed by atoms with Gasteiger partial charge in [-0.25, -0.2) is 0 Å². The molecule has 5 fully saturated rings. The summed E-state index contributed by atoms with van der Waals surface area (Å²) in [6, 6.07) is 0. The molecule has 5 aliphatic rings. The molecule has 0 saturated heterocycles. The van der Waals surface area contributed by atoms with Crippen molar-refractivity contribution in [2.75, 3.05) is 0 Å². The molecule has 5 rings (SSSR count). The Labute approximate surface area is 178 Å². The van der Waals surface area contributed by atoms with Crippen LogP contribution in [-0.4, -0.2) is 23.2 Å². The summed E-state index contributed by atoms with van der Waals surface area (Å²) in [4.78, 5) is 11.5. The van der Waals surface area contributed by atoms with Gasteiger partial charge in [-0.2, -0.15) is 13.2 Å². The number of carbonyl (C=O) groups is 1. The Morgan fingerprint density at radius 1 is 0.933 bits per heavy atom. The Kier molecular flexibility index (Phi) is 4.44. The molecule has 0 radical (unpaired) electrons. The Bertz CT molecular complexity index is 745. The van der Waals surface area contributed by atoms with Crippen LogP contribution in [0.3, 0.4) is 0 Å². The molecule has 5 heteroatoms. The lowest BCUT2D eigenvalue weighted by molar-refractivity contribution is -0.171. The van der Waals surface area contributed by atoms with Crippen LogP contribution in [0.15, 0.2) is 0 Å². The maximum atomic E-state index is 12.7. The van der Waals surface area contributed by atoms with Gasteiger partial charge in [0.05, 0.1) is 6.10 Å². The number of carbonyl (C=O) groups excluding carboxylic acids is 1. The van der Waals surface area contributed by atoms with Crippen LogP contribution in [0.2, 0.25) is 0 Å². The van der Waals surface area contributed by atoms with E-state index in [1.54, 1.807) is 0 Å². The lowest BCUT2D eigenvalue weighted by Crippen LogP contribution is -2.54. The van der Waals surface area contributed by atoms with Gasteiger partial charge in [0.1, 0.15) is 0 Å². The lowest BCUT2D eigenvalue weighted by atomic mass is 9.46. The highest BCUT2D eigenvalue weighted by atomic mass is 19.4. The number of fused-ring (bicyclic) bond motifs is 2. The third kappa shape index (κ3) is 2.56. The van der Waals surface area contributed by atoms with Gasteiger partial charge in [0.25, 0.3) is 0 Å². The van der Waals surface area contributed by atoms with Gasteiger partial charge in [-0.3, -0.25) is 4.79 Å². The summed E-state index contributed by atoms with van der Waals surface area (Å²) < 4.78 is 38.1. The standard InChI is InChI=1S/C25H37F3O2/c1-21(2)18-8-7-17-16-6-4-15(5-9-20(30)25(26,27)28)22(16,3)12-13-23(17)14-24(18,23)11-10-19(21)29/h15-19,29H,4-14H2,1-3H3. The van der Waals surface area contributed by atoms with Crippen LogP contribution in [0.25, 0.3) is 0 Å². The van der Waals surface area contributed by atoms with E-state index in [9.17, 15) is 23.1 Å². The second kappa shape index (κ2) is 6.26. The molecule has 2 nitrogen and oxygen atoms in total. The molecule has 5 aliphatic carbocycles. The summed E-state index contributed by atoms with van der Waals surface area (Å²) in [5, 5.41) is 10.7. The molecule has 0 heterocycles. The average molecular weight is 427 g/mol. The molecule has 0 aromatic carbocycles. The molecule has 0 bridgehead atoms. The van der Waals surface area contributed by atoms with E-state index in [2.05, 4.69) is 20.8 Å². The highest BCUT2D eigenvalue weighted by Crippen LogP contribution is 2.86. The lowest BCUT2D eigenvalue weighted by Gasteiger charge is -2.59. The second-order valence-corrected chi connectivity index (χ2v) is 12.4. The minimum atomic E-state index is -4.69. The number of rotatable bonds is 3. The van der Waals surface area contributed by atoms with Crippen LogP contribution >= 0.6 is 0 Å². The predicted octanol–water partition coefficient (Wildman–Crippen LogP) is 6.31.